The molecule has 1 N–H and O–H groups in total. The van der Waals surface area contributed by atoms with E-state index in [0.717, 1.165) is 6.07 Å². The standard InChI is InChI=1S/C17H21N5O4S/c1-4-21(5-2)27(25,26)14-9-10-16(17(12-14)22(23)24)20-19-13(3)15-8-6-7-11-18-15/h6-12,20H,4-5H2,1-3H3/b19-13+. The lowest BCUT2D eigenvalue weighted by Gasteiger charge is -2.18. The Morgan fingerprint density at radius 2 is 1.96 bits per heavy atom. The van der Waals surface area contributed by atoms with Gasteiger partial charge in [-0.05, 0) is 31.2 Å². The molecule has 27 heavy (non-hydrogen) atoms. The summed E-state index contributed by atoms with van der Waals surface area (Å²) >= 11 is 0. The first-order valence-electron chi connectivity index (χ1n) is 8.31. The molecule has 0 saturated heterocycles. The summed E-state index contributed by atoms with van der Waals surface area (Å²) in [5, 5.41) is 15.5. The third-order valence-electron chi connectivity index (χ3n) is 3.89. The van der Waals surface area contributed by atoms with Crippen LogP contribution in [0.15, 0.2) is 52.6 Å². The van der Waals surface area contributed by atoms with Crippen LogP contribution in [0.25, 0.3) is 0 Å². The van der Waals surface area contributed by atoms with Crippen molar-refractivity contribution >= 4 is 27.1 Å². The first-order valence-corrected chi connectivity index (χ1v) is 9.75. The van der Waals surface area contributed by atoms with Gasteiger partial charge < -0.3 is 0 Å². The monoisotopic (exact) mass is 391 g/mol. The minimum Gasteiger partial charge on any atom is -0.271 e. The number of pyridine rings is 1. The van der Waals surface area contributed by atoms with Gasteiger partial charge in [-0.25, -0.2) is 8.42 Å². The topological polar surface area (TPSA) is 118 Å². The lowest BCUT2D eigenvalue weighted by molar-refractivity contribution is -0.384. The number of nitrogens with zero attached hydrogens (tertiary/aromatic N) is 4. The van der Waals surface area contributed by atoms with Gasteiger partial charge in [0.1, 0.15) is 5.69 Å². The maximum Gasteiger partial charge on any atom is 0.295 e. The molecule has 2 rings (SSSR count). The molecule has 0 aliphatic carbocycles. The molecule has 0 aliphatic heterocycles. The molecule has 0 aliphatic rings. The zero-order chi connectivity index (χ0) is 20.0. The number of nitrogens with one attached hydrogen (secondary N) is 1. The fraction of sp³-hybridized carbons (Fsp3) is 0.294. The summed E-state index contributed by atoms with van der Waals surface area (Å²) in [4.78, 5) is 14.8. The van der Waals surface area contributed by atoms with Gasteiger partial charge in [-0.1, -0.05) is 19.9 Å². The van der Waals surface area contributed by atoms with E-state index in [2.05, 4.69) is 15.5 Å². The van der Waals surface area contributed by atoms with E-state index in [9.17, 15) is 18.5 Å². The highest BCUT2D eigenvalue weighted by molar-refractivity contribution is 7.89. The third-order valence-corrected chi connectivity index (χ3v) is 5.93. The minimum absolute atomic E-state index is 0.0915. The summed E-state index contributed by atoms with van der Waals surface area (Å²) in [6.07, 6.45) is 1.61. The molecule has 0 bridgehead atoms. The molecule has 0 unspecified atom stereocenters. The van der Waals surface area contributed by atoms with Crippen molar-refractivity contribution in [2.24, 2.45) is 5.10 Å². The summed E-state index contributed by atoms with van der Waals surface area (Å²) in [6.45, 7) is 5.68. The molecule has 2 aromatic rings. The van der Waals surface area contributed by atoms with E-state index in [4.69, 9.17) is 0 Å². The molecular formula is C17H21N5O4S. The minimum atomic E-state index is -3.79. The predicted octanol–water partition coefficient (Wildman–Crippen LogP) is 2.86. The van der Waals surface area contributed by atoms with E-state index in [1.54, 1.807) is 45.2 Å². The summed E-state index contributed by atoms with van der Waals surface area (Å²) in [7, 11) is -3.79. The molecule has 1 aromatic carbocycles. The van der Waals surface area contributed by atoms with Crippen molar-refractivity contribution in [2.45, 2.75) is 25.7 Å². The van der Waals surface area contributed by atoms with Gasteiger partial charge in [0.15, 0.2) is 0 Å². The van der Waals surface area contributed by atoms with Gasteiger partial charge in [-0.15, -0.1) is 0 Å². The smallest absolute Gasteiger partial charge is 0.271 e. The van der Waals surface area contributed by atoms with Crippen molar-refractivity contribution in [1.82, 2.24) is 9.29 Å². The molecule has 0 atom stereocenters. The van der Waals surface area contributed by atoms with Crippen molar-refractivity contribution in [3.63, 3.8) is 0 Å². The quantitative estimate of drug-likeness (QED) is 0.420. The Labute approximate surface area is 157 Å². The lowest BCUT2D eigenvalue weighted by Crippen LogP contribution is -2.30. The van der Waals surface area contributed by atoms with Crippen molar-refractivity contribution in [1.29, 1.82) is 0 Å². The van der Waals surface area contributed by atoms with Crippen LogP contribution in [0.1, 0.15) is 26.5 Å². The van der Waals surface area contributed by atoms with E-state index in [0.29, 0.717) is 11.4 Å². The van der Waals surface area contributed by atoms with Crippen LogP contribution in [-0.2, 0) is 10.0 Å². The maximum atomic E-state index is 12.6. The molecule has 10 heteroatoms. The Hall–Kier alpha value is -2.85. The molecule has 144 valence electrons. The summed E-state index contributed by atoms with van der Waals surface area (Å²) < 4.78 is 26.4. The largest absolute Gasteiger partial charge is 0.295 e. The highest BCUT2D eigenvalue weighted by Crippen LogP contribution is 2.29. The Bertz CT molecular complexity index is 941. The Balaban J connectivity index is 2.38. The van der Waals surface area contributed by atoms with Gasteiger partial charge >= 0.3 is 0 Å². The molecular weight excluding hydrogens is 370 g/mol. The van der Waals surface area contributed by atoms with Gasteiger partial charge in [0.2, 0.25) is 10.0 Å². The Morgan fingerprint density at radius 1 is 1.26 bits per heavy atom. The van der Waals surface area contributed by atoms with Crippen molar-refractivity contribution in [3.8, 4) is 0 Å². The summed E-state index contributed by atoms with van der Waals surface area (Å²) in [5.41, 5.74) is 3.49. The van der Waals surface area contributed by atoms with E-state index in [1.165, 1.54) is 16.4 Å². The fourth-order valence-corrected chi connectivity index (χ4v) is 3.89. The van der Waals surface area contributed by atoms with Gasteiger partial charge in [-0.2, -0.15) is 9.41 Å². The first kappa shape index (κ1) is 20.5. The van der Waals surface area contributed by atoms with Gasteiger partial charge in [0.05, 0.1) is 21.2 Å². The van der Waals surface area contributed by atoms with Crippen LogP contribution in [0.4, 0.5) is 11.4 Å². The molecule has 1 aromatic heterocycles. The van der Waals surface area contributed by atoms with E-state index < -0.39 is 14.9 Å². The van der Waals surface area contributed by atoms with Crippen molar-refractivity contribution in [2.75, 3.05) is 18.5 Å². The number of hydrogen-bond donors (Lipinski definition) is 1. The predicted molar refractivity (Wildman–Crippen MR) is 103 cm³/mol. The second kappa shape index (κ2) is 8.69. The summed E-state index contributed by atoms with van der Waals surface area (Å²) in [5.74, 6) is 0. The van der Waals surface area contributed by atoms with Crippen LogP contribution in [-0.4, -0.2) is 41.4 Å². The van der Waals surface area contributed by atoms with Crippen molar-refractivity contribution in [3.05, 3.63) is 58.4 Å². The fourth-order valence-electron chi connectivity index (χ4n) is 2.41. The van der Waals surface area contributed by atoms with Gasteiger partial charge in [0, 0.05) is 25.4 Å². The highest BCUT2D eigenvalue weighted by atomic mass is 32.2. The Morgan fingerprint density at radius 3 is 2.52 bits per heavy atom. The molecule has 0 saturated carbocycles. The maximum absolute atomic E-state index is 12.6. The number of benzene rings is 1. The first-order chi connectivity index (χ1) is 12.8. The van der Waals surface area contributed by atoms with Crippen LogP contribution in [0.3, 0.4) is 0 Å². The number of aromatic nitrogens is 1. The van der Waals surface area contributed by atoms with E-state index >= 15 is 0 Å². The normalized spacial score (nSPS) is 12.2. The van der Waals surface area contributed by atoms with Crippen LogP contribution >= 0.6 is 0 Å². The zero-order valence-corrected chi connectivity index (χ0v) is 16.1. The summed E-state index contributed by atoms with van der Waals surface area (Å²) in [6, 6.07) is 9.04. The molecule has 0 fully saturated rings. The molecule has 0 radical (unpaired) electrons. The van der Waals surface area contributed by atoms with Gasteiger partial charge in [-0.3, -0.25) is 20.5 Å². The second-order valence-electron chi connectivity index (χ2n) is 5.55. The van der Waals surface area contributed by atoms with Crippen LogP contribution in [0.5, 0.6) is 0 Å². The number of anilines is 1. The number of sulfonamides is 1. The molecule has 0 amide bonds. The van der Waals surface area contributed by atoms with E-state index in [1.807, 2.05) is 0 Å². The number of nitro benzene ring substituents is 1. The van der Waals surface area contributed by atoms with Crippen molar-refractivity contribution < 1.29 is 13.3 Å². The number of hydrazone groups is 1. The molecule has 1 heterocycles. The zero-order valence-electron chi connectivity index (χ0n) is 15.3. The SMILES string of the molecule is CCN(CC)S(=O)(=O)c1ccc(N/N=C(\C)c2ccccn2)c([N+](=O)[O-])c1. The average Bonchev–Trinajstić information content (AvgIpc) is 2.67. The van der Waals surface area contributed by atoms with Crippen LogP contribution < -0.4 is 5.43 Å². The molecule has 9 nitrogen and oxygen atoms in total. The van der Waals surface area contributed by atoms with Gasteiger partial charge in [0.25, 0.3) is 5.69 Å². The van der Waals surface area contributed by atoms with Crippen LogP contribution in [0.2, 0.25) is 0 Å². The highest BCUT2D eigenvalue weighted by Gasteiger charge is 2.25. The number of hydrogen-bond acceptors (Lipinski definition) is 7. The molecule has 0 spiro atoms. The average molecular weight is 391 g/mol. The third kappa shape index (κ3) is 4.66. The second-order valence-corrected chi connectivity index (χ2v) is 7.49. The number of rotatable bonds is 8. The van der Waals surface area contributed by atoms with E-state index in [-0.39, 0.29) is 29.4 Å². The lowest BCUT2D eigenvalue weighted by atomic mass is 10.2. The van der Waals surface area contributed by atoms with Crippen LogP contribution in [0, 0.1) is 10.1 Å². The Kier molecular flexibility index (Phi) is 6.59. The number of nitro groups is 1.